The van der Waals surface area contributed by atoms with Gasteiger partial charge in [0, 0.05) is 13.2 Å². The number of hydrazine groups is 1. The fraction of sp³-hybridized carbons (Fsp3) is 0.769. The molecule has 0 radical (unpaired) electrons. The number of hydrogen-bond acceptors (Lipinski definition) is 4. The molecular formula is C13H23BrN4O. The summed E-state index contributed by atoms with van der Waals surface area (Å²) in [7, 11) is 0. The Hall–Kier alpha value is -0.430. The molecule has 19 heavy (non-hydrogen) atoms. The molecular weight excluding hydrogens is 308 g/mol. The lowest BCUT2D eigenvalue weighted by atomic mass is 10.00. The van der Waals surface area contributed by atoms with Crippen LogP contribution < -0.4 is 11.3 Å². The van der Waals surface area contributed by atoms with Crippen molar-refractivity contribution in [1.82, 2.24) is 15.2 Å². The molecule has 0 amide bonds. The van der Waals surface area contributed by atoms with E-state index in [-0.39, 0.29) is 6.04 Å². The Morgan fingerprint density at radius 1 is 1.63 bits per heavy atom. The maximum absolute atomic E-state index is 5.81. The van der Waals surface area contributed by atoms with Crippen molar-refractivity contribution in [1.29, 1.82) is 0 Å². The van der Waals surface area contributed by atoms with Crippen LogP contribution in [0.5, 0.6) is 0 Å². The maximum Gasteiger partial charge on any atom is 0.0710 e. The summed E-state index contributed by atoms with van der Waals surface area (Å²) in [6.07, 6.45) is 7.63. The van der Waals surface area contributed by atoms with E-state index in [1.54, 1.807) is 0 Å². The average Bonchev–Trinajstić information content (AvgIpc) is 2.79. The van der Waals surface area contributed by atoms with Gasteiger partial charge in [0.1, 0.15) is 0 Å². The molecule has 1 aromatic heterocycles. The second-order valence-electron chi connectivity index (χ2n) is 5.04. The van der Waals surface area contributed by atoms with E-state index in [1.165, 1.54) is 12.8 Å². The highest BCUT2D eigenvalue weighted by atomic mass is 79.9. The number of aromatic nitrogens is 2. The number of nitrogens with one attached hydrogen (secondary N) is 1. The summed E-state index contributed by atoms with van der Waals surface area (Å²) in [6, 6.07) is 0.0755. The molecule has 1 fully saturated rings. The van der Waals surface area contributed by atoms with E-state index >= 15 is 0 Å². The van der Waals surface area contributed by atoms with Gasteiger partial charge >= 0.3 is 0 Å². The minimum absolute atomic E-state index is 0.0755. The first-order valence-corrected chi connectivity index (χ1v) is 7.84. The van der Waals surface area contributed by atoms with Gasteiger partial charge in [0.25, 0.3) is 0 Å². The molecule has 0 spiro atoms. The van der Waals surface area contributed by atoms with Crippen LogP contribution in [0, 0.1) is 0 Å². The molecule has 2 unspecified atom stereocenters. The molecule has 2 rings (SSSR count). The van der Waals surface area contributed by atoms with Crippen LogP contribution in [0.4, 0.5) is 0 Å². The molecule has 2 atom stereocenters. The van der Waals surface area contributed by atoms with Crippen molar-refractivity contribution in [3.8, 4) is 0 Å². The van der Waals surface area contributed by atoms with Crippen molar-refractivity contribution in [2.75, 3.05) is 6.61 Å². The molecule has 1 aromatic rings. The first-order chi connectivity index (χ1) is 9.26. The van der Waals surface area contributed by atoms with Gasteiger partial charge in [-0.3, -0.25) is 16.0 Å². The Morgan fingerprint density at radius 2 is 2.47 bits per heavy atom. The Labute approximate surface area is 123 Å². The summed E-state index contributed by atoms with van der Waals surface area (Å²) in [5, 5.41) is 4.40. The van der Waals surface area contributed by atoms with Crippen LogP contribution in [0.1, 0.15) is 50.8 Å². The van der Waals surface area contributed by atoms with E-state index in [1.807, 2.05) is 10.9 Å². The molecule has 5 nitrogen and oxygen atoms in total. The Balaban J connectivity index is 2.09. The Morgan fingerprint density at radius 3 is 3.11 bits per heavy atom. The van der Waals surface area contributed by atoms with Crippen molar-refractivity contribution in [3.05, 3.63) is 16.4 Å². The van der Waals surface area contributed by atoms with E-state index in [0.29, 0.717) is 6.10 Å². The van der Waals surface area contributed by atoms with E-state index in [0.717, 1.165) is 42.6 Å². The van der Waals surface area contributed by atoms with Gasteiger partial charge in [-0.1, -0.05) is 6.92 Å². The minimum Gasteiger partial charge on any atom is -0.378 e. The van der Waals surface area contributed by atoms with Crippen LogP contribution in [0.15, 0.2) is 10.7 Å². The summed E-state index contributed by atoms with van der Waals surface area (Å²) in [5.41, 5.74) is 4.04. The summed E-state index contributed by atoms with van der Waals surface area (Å²) in [6.45, 7) is 3.93. The molecule has 108 valence electrons. The fourth-order valence-electron chi connectivity index (χ4n) is 2.62. The molecule has 0 aromatic carbocycles. The normalized spacial score (nSPS) is 21.5. The van der Waals surface area contributed by atoms with Crippen molar-refractivity contribution < 1.29 is 4.74 Å². The third-order valence-electron chi connectivity index (χ3n) is 3.57. The summed E-state index contributed by atoms with van der Waals surface area (Å²) >= 11 is 3.57. The lowest BCUT2D eigenvalue weighted by Crippen LogP contribution is -2.34. The molecule has 1 aliphatic rings. The van der Waals surface area contributed by atoms with Gasteiger partial charge in [-0.25, -0.2) is 0 Å². The SMILES string of the molecule is CCCn1ncc(Br)c1C(CC1CCCCO1)NN. The number of nitrogens with zero attached hydrogens (tertiary/aromatic N) is 2. The summed E-state index contributed by atoms with van der Waals surface area (Å²) < 4.78 is 8.85. The van der Waals surface area contributed by atoms with Crippen LogP contribution >= 0.6 is 15.9 Å². The largest absolute Gasteiger partial charge is 0.378 e. The maximum atomic E-state index is 5.81. The van der Waals surface area contributed by atoms with E-state index in [9.17, 15) is 0 Å². The first kappa shape index (κ1) is 15.0. The predicted octanol–water partition coefficient (Wildman–Crippen LogP) is 2.52. The number of nitrogens with two attached hydrogens (primary N) is 1. The van der Waals surface area contributed by atoms with Crippen molar-refractivity contribution in [3.63, 3.8) is 0 Å². The van der Waals surface area contributed by atoms with Crippen LogP contribution in [-0.4, -0.2) is 22.5 Å². The Kier molecular flexibility index (Phi) is 5.81. The molecule has 0 saturated carbocycles. The topological polar surface area (TPSA) is 65.1 Å². The summed E-state index contributed by atoms with van der Waals surface area (Å²) in [4.78, 5) is 0. The number of halogens is 1. The van der Waals surface area contributed by atoms with Crippen molar-refractivity contribution in [2.45, 2.75) is 57.7 Å². The van der Waals surface area contributed by atoms with Crippen molar-refractivity contribution >= 4 is 15.9 Å². The quantitative estimate of drug-likeness (QED) is 0.621. The fourth-order valence-corrected chi connectivity index (χ4v) is 3.20. The molecule has 6 heteroatoms. The zero-order valence-electron chi connectivity index (χ0n) is 11.4. The van der Waals surface area contributed by atoms with Gasteiger partial charge in [-0.05, 0) is 48.0 Å². The Bertz CT molecular complexity index is 390. The molecule has 3 N–H and O–H groups in total. The standard InChI is InChI=1S/C13H23BrN4O/c1-2-6-18-13(11(14)9-16-18)12(17-15)8-10-5-3-4-7-19-10/h9-10,12,17H,2-8,15H2,1H3. The lowest BCUT2D eigenvalue weighted by Gasteiger charge is -2.27. The van der Waals surface area contributed by atoms with E-state index in [4.69, 9.17) is 10.6 Å². The molecule has 2 heterocycles. The van der Waals surface area contributed by atoms with Crippen LogP contribution in [0.2, 0.25) is 0 Å². The van der Waals surface area contributed by atoms with Gasteiger partial charge in [0.05, 0.1) is 28.5 Å². The van der Waals surface area contributed by atoms with Gasteiger partial charge < -0.3 is 4.74 Å². The van der Waals surface area contributed by atoms with Crippen LogP contribution in [0.3, 0.4) is 0 Å². The van der Waals surface area contributed by atoms with Gasteiger partial charge in [-0.15, -0.1) is 0 Å². The third kappa shape index (κ3) is 3.78. The summed E-state index contributed by atoms with van der Waals surface area (Å²) in [5.74, 6) is 5.75. The van der Waals surface area contributed by atoms with E-state index in [2.05, 4.69) is 33.4 Å². The second-order valence-corrected chi connectivity index (χ2v) is 5.90. The zero-order chi connectivity index (χ0) is 13.7. The molecule has 1 saturated heterocycles. The first-order valence-electron chi connectivity index (χ1n) is 7.05. The van der Waals surface area contributed by atoms with Gasteiger partial charge in [-0.2, -0.15) is 5.10 Å². The number of hydrogen-bond donors (Lipinski definition) is 2. The highest BCUT2D eigenvalue weighted by Gasteiger charge is 2.24. The lowest BCUT2D eigenvalue weighted by molar-refractivity contribution is 0.00445. The van der Waals surface area contributed by atoms with E-state index < -0.39 is 0 Å². The molecule has 0 bridgehead atoms. The highest BCUT2D eigenvalue weighted by Crippen LogP contribution is 2.29. The second kappa shape index (κ2) is 7.38. The number of ether oxygens (including phenoxy) is 1. The minimum atomic E-state index is 0.0755. The van der Waals surface area contributed by atoms with Gasteiger partial charge in [0.2, 0.25) is 0 Å². The van der Waals surface area contributed by atoms with Crippen LogP contribution in [0.25, 0.3) is 0 Å². The average molecular weight is 331 g/mol. The van der Waals surface area contributed by atoms with Crippen molar-refractivity contribution in [2.24, 2.45) is 5.84 Å². The van der Waals surface area contributed by atoms with Gasteiger partial charge in [0.15, 0.2) is 0 Å². The highest BCUT2D eigenvalue weighted by molar-refractivity contribution is 9.10. The predicted molar refractivity (Wildman–Crippen MR) is 78.5 cm³/mol. The zero-order valence-corrected chi connectivity index (χ0v) is 13.0. The number of aryl methyl sites for hydroxylation is 1. The monoisotopic (exact) mass is 330 g/mol. The third-order valence-corrected chi connectivity index (χ3v) is 4.18. The molecule has 1 aliphatic heterocycles. The molecule has 0 aliphatic carbocycles. The van der Waals surface area contributed by atoms with Crippen LogP contribution in [-0.2, 0) is 11.3 Å². The number of rotatable bonds is 6. The smallest absolute Gasteiger partial charge is 0.0710 e.